The van der Waals surface area contributed by atoms with Crippen molar-refractivity contribution in [2.75, 3.05) is 42.3 Å². The molecule has 5 rings (SSSR count). The molecular formula is C25H31N7O5S. The second-order valence-electron chi connectivity index (χ2n) is 9.51. The number of carbonyl (C=O) groups is 1. The fourth-order valence-corrected chi connectivity index (χ4v) is 6.38. The maximum absolute atomic E-state index is 13.1. The van der Waals surface area contributed by atoms with Crippen molar-refractivity contribution >= 4 is 27.4 Å². The predicted molar refractivity (Wildman–Crippen MR) is 141 cm³/mol. The molecule has 0 unspecified atom stereocenters. The number of nitrogens with zero attached hydrogens (tertiary/aromatic N) is 4. The van der Waals surface area contributed by atoms with E-state index in [1.54, 1.807) is 42.7 Å². The maximum atomic E-state index is 13.1. The van der Waals surface area contributed by atoms with E-state index >= 15 is 0 Å². The Balaban J connectivity index is 1.41. The summed E-state index contributed by atoms with van der Waals surface area (Å²) in [6.07, 6.45) is 4.21. The third-order valence-corrected chi connectivity index (χ3v) is 9.40. The first-order valence-corrected chi connectivity index (χ1v) is 14.2. The number of urea groups is 1. The molecule has 1 aliphatic carbocycles. The van der Waals surface area contributed by atoms with E-state index < -0.39 is 21.2 Å². The molecule has 1 aliphatic heterocycles. The number of anilines is 2. The number of ether oxygens (including phenoxy) is 1. The van der Waals surface area contributed by atoms with Gasteiger partial charge in [0.25, 0.3) is 0 Å². The molecule has 2 aromatic heterocycles. The number of aromatic amines is 1. The number of imidazole rings is 1. The highest BCUT2D eigenvalue weighted by atomic mass is 32.2. The van der Waals surface area contributed by atoms with Crippen LogP contribution in [0.1, 0.15) is 31.3 Å². The molecule has 2 fully saturated rings. The van der Waals surface area contributed by atoms with Gasteiger partial charge in [0.15, 0.2) is 15.7 Å². The number of carbonyl (C=O) groups excluding carboxylic acids is 1. The smallest absolute Gasteiger partial charge is 0.319 e. The van der Waals surface area contributed by atoms with Crippen molar-refractivity contribution in [2.45, 2.75) is 37.1 Å². The summed E-state index contributed by atoms with van der Waals surface area (Å²) in [7, 11) is -3.60. The highest BCUT2D eigenvalue weighted by Gasteiger charge is 2.57. The van der Waals surface area contributed by atoms with E-state index in [1.165, 1.54) is 0 Å². The van der Waals surface area contributed by atoms with Gasteiger partial charge in [-0.05, 0) is 44.0 Å². The number of nitrogens with one attached hydrogen (secondary N) is 3. The zero-order valence-electron chi connectivity index (χ0n) is 21.1. The largest absolute Gasteiger partial charge is 0.395 e. The van der Waals surface area contributed by atoms with Crippen LogP contribution in [-0.4, -0.2) is 77.7 Å². The number of hydrogen-bond donors (Lipinski definition) is 4. The number of amides is 2. The molecule has 0 radical (unpaired) electrons. The highest BCUT2D eigenvalue weighted by molar-refractivity contribution is 7.92. The van der Waals surface area contributed by atoms with Gasteiger partial charge in [0.1, 0.15) is 16.4 Å². The minimum Gasteiger partial charge on any atom is -0.395 e. The lowest BCUT2D eigenvalue weighted by atomic mass is 10.1. The van der Waals surface area contributed by atoms with E-state index in [0.29, 0.717) is 67.0 Å². The van der Waals surface area contributed by atoms with Crippen LogP contribution in [-0.2, 0) is 25.9 Å². The fourth-order valence-electron chi connectivity index (χ4n) is 4.60. The lowest BCUT2D eigenvalue weighted by Gasteiger charge is -2.34. The van der Waals surface area contributed by atoms with Gasteiger partial charge in [-0.2, -0.15) is 0 Å². The van der Waals surface area contributed by atoms with Crippen molar-refractivity contribution in [2.24, 2.45) is 0 Å². The third kappa shape index (κ3) is 5.35. The predicted octanol–water partition coefficient (Wildman–Crippen LogP) is 1.81. The topological polar surface area (TPSA) is 162 Å². The molecule has 202 valence electrons. The van der Waals surface area contributed by atoms with Crippen molar-refractivity contribution in [1.82, 2.24) is 25.3 Å². The zero-order chi connectivity index (χ0) is 26.8. The first kappa shape index (κ1) is 26.1. The Bertz CT molecular complexity index is 1380. The number of aliphatic hydroxyl groups excluding tert-OH is 1. The summed E-state index contributed by atoms with van der Waals surface area (Å²) in [5.41, 5.74) is 1.71. The second kappa shape index (κ2) is 10.7. The number of H-pyrrole nitrogens is 1. The van der Waals surface area contributed by atoms with E-state index in [-0.39, 0.29) is 24.4 Å². The SMILES string of the molecule is C[C@H]1COCCN1c1cc(C2(S(=O)(=O)CCO)CC2)nc(-c2ccc(NC(=O)NCc3ncc[nH]3)cc2)n1. The first-order valence-electron chi connectivity index (χ1n) is 12.5. The summed E-state index contributed by atoms with van der Waals surface area (Å²) in [4.78, 5) is 30.9. The molecule has 0 spiro atoms. The molecule has 0 bridgehead atoms. The van der Waals surface area contributed by atoms with Gasteiger partial charge in [0.2, 0.25) is 0 Å². The molecule has 1 atom stereocenters. The molecule has 38 heavy (non-hydrogen) atoms. The normalized spacial score (nSPS) is 18.7. The van der Waals surface area contributed by atoms with Gasteiger partial charge in [-0.25, -0.2) is 28.2 Å². The van der Waals surface area contributed by atoms with Gasteiger partial charge in [0, 0.05) is 36.3 Å². The van der Waals surface area contributed by atoms with Crippen LogP contribution in [0.2, 0.25) is 0 Å². The minimum absolute atomic E-state index is 0.0646. The Kier molecular flexibility index (Phi) is 7.32. The van der Waals surface area contributed by atoms with Crippen LogP contribution in [0.5, 0.6) is 0 Å². The average Bonchev–Trinajstić information content (AvgIpc) is 3.58. The van der Waals surface area contributed by atoms with Crippen LogP contribution in [0, 0.1) is 0 Å². The summed E-state index contributed by atoms with van der Waals surface area (Å²) in [5.74, 6) is 1.38. The summed E-state index contributed by atoms with van der Waals surface area (Å²) in [6.45, 7) is 3.59. The number of aromatic nitrogens is 4. The molecule has 13 heteroatoms. The van der Waals surface area contributed by atoms with Crippen molar-refractivity contribution in [3.63, 3.8) is 0 Å². The second-order valence-corrected chi connectivity index (χ2v) is 11.9. The lowest BCUT2D eigenvalue weighted by Crippen LogP contribution is -2.44. The van der Waals surface area contributed by atoms with E-state index in [0.717, 1.165) is 0 Å². The molecule has 12 nitrogen and oxygen atoms in total. The minimum atomic E-state index is -3.60. The monoisotopic (exact) mass is 541 g/mol. The number of benzene rings is 1. The maximum Gasteiger partial charge on any atom is 0.319 e. The van der Waals surface area contributed by atoms with Gasteiger partial charge in [-0.3, -0.25) is 0 Å². The van der Waals surface area contributed by atoms with Crippen molar-refractivity contribution < 1.29 is 23.1 Å². The molecule has 1 saturated heterocycles. The van der Waals surface area contributed by atoms with E-state index in [9.17, 15) is 18.3 Å². The first-order chi connectivity index (χ1) is 18.3. The average molecular weight is 542 g/mol. The van der Waals surface area contributed by atoms with E-state index in [2.05, 4.69) is 25.5 Å². The van der Waals surface area contributed by atoms with Gasteiger partial charge < -0.3 is 30.4 Å². The van der Waals surface area contributed by atoms with Crippen LogP contribution >= 0.6 is 0 Å². The molecular weight excluding hydrogens is 510 g/mol. The van der Waals surface area contributed by atoms with Crippen LogP contribution in [0.3, 0.4) is 0 Å². The van der Waals surface area contributed by atoms with Crippen LogP contribution in [0.15, 0.2) is 42.7 Å². The van der Waals surface area contributed by atoms with Crippen molar-refractivity contribution in [3.8, 4) is 11.4 Å². The van der Waals surface area contributed by atoms with Crippen LogP contribution in [0.4, 0.5) is 16.3 Å². The highest BCUT2D eigenvalue weighted by Crippen LogP contribution is 2.53. The Labute approximate surface area is 220 Å². The summed E-state index contributed by atoms with van der Waals surface area (Å²) in [6, 6.07) is 8.52. The Morgan fingerprint density at radius 3 is 2.71 bits per heavy atom. The van der Waals surface area contributed by atoms with E-state index in [1.807, 2.05) is 6.92 Å². The summed E-state index contributed by atoms with van der Waals surface area (Å²) in [5, 5.41) is 14.9. The molecule has 2 aliphatic rings. The summed E-state index contributed by atoms with van der Waals surface area (Å²) < 4.78 is 30.6. The number of rotatable bonds is 9. The molecule has 3 heterocycles. The fraction of sp³-hybridized carbons (Fsp3) is 0.440. The Morgan fingerprint density at radius 1 is 1.26 bits per heavy atom. The Morgan fingerprint density at radius 2 is 2.05 bits per heavy atom. The quantitative estimate of drug-likeness (QED) is 0.316. The molecule has 4 N–H and O–H groups in total. The Hall–Kier alpha value is -3.55. The van der Waals surface area contributed by atoms with Crippen LogP contribution < -0.4 is 15.5 Å². The molecule has 2 amide bonds. The number of hydrogen-bond acceptors (Lipinski definition) is 9. The zero-order valence-corrected chi connectivity index (χ0v) is 21.9. The molecule has 3 aromatic rings. The van der Waals surface area contributed by atoms with Gasteiger partial charge in [-0.15, -0.1) is 0 Å². The standard InChI is InChI=1S/C25H31N7O5S/c1-17-16-37-12-10-32(17)22-14-20(25(6-7-25)38(35,36)13-11-33)30-23(31-22)18-2-4-19(5-3-18)29-24(34)28-15-21-26-8-9-27-21/h2-5,8-9,14,17,33H,6-7,10-13,15-16H2,1H3,(H,26,27)(H2,28,29,34)/t17-/m0/s1. The van der Waals surface area contributed by atoms with Crippen molar-refractivity contribution in [3.05, 3.63) is 54.2 Å². The summed E-state index contributed by atoms with van der Waals surface area (Å²) >= 11 is 0. The van der Waals surface area contributed by atoms with Gasteiger partial charge in [-0.1, -0.05) is 0 Å². The van der Waals surface area contributed by atoms with Gasteiger partial charge in [0.05, 0.1) is 43.9 Å². The van der Waals surface area contributed by atoms with Gasteiger partial charge >= 0.3 is 6.03 Å². The number of morpholine rings is 1. The van der Waals surface area contributed by atoms with Crippen LogP contribution in [0.25, 0.3) is 11.4 Å². The number of aliphatic hydroxyl groups is 1. The molecule has 1 saturated carbocycles. The van der Waals surface area contributed by atoms with Crippen molar-refractivity contribution in [1.29, 1.82) is 0 Å². The number of sulfone groups is 1. The third-order valence-electron chi connectivity index (χ3n) is 6.87. The molecule has 1 aromatic carbocycles. The van der Waals surface area contributed by atoms with E-state index in [4.69, 9.17) is 14.7 Å². The lowest BCUT2D eigenvalue weighted by molar-refractivity contribution is 0.0985.